The smallest absolute Gasteiger partial charge is 0.243 e. The number of nitrogens with one attached hydrogen (secondary N) is 3. The second-order valence-corrected chi connectivity index (χ2v) is 3.82. The normalized spacial score (nSPS) is 18.9. The van der Waals surface area contributed by atoms with Gasteiger partial charge in [0.25, 0.3) is 0 Å². The van der Waals surface area contributed by atoms with E-state index in [2.05, 4.69) is 20.9 Å². The molecule has 2 amide bonds. The zero-order chi connectivity index (χ0) is 13.0. The van der Waals surface area contributed by atoms with Crippen LogP contribution in [-0.2, 0) is 9.59 Å². The SMILES string of the molecule is COc1ccc(NC(=O)C2CNC(=O)CN2)cn1. The number of pyridine rings is 1. The number of piperazine rings is 1. The largest absolute Gasteiger partial charge is 0.481 e. The van der Waals surface area contributed by atoms with Crippen molar-refractivity contribution in [2.45, 2.75) is 6.04 Å². The summed E-state index contributed by atoms with van der Waals surface area (Å²) in [6.45, 7) is 0.438. The van der Waals surface area contributed by atoms with Gasteiger partial charge in [0.2, 0.25) is 17.7 Å². The maximum atomic E-state index is 11.8. The van der Waals surface area contributed by atoms with Gasteiger partial charge < -0.3 is 15.4 Å². The number of hydrogen-bond donors (Lipinski definition) is 3. The molecular weight excluding hydrogens is 236 g/mol. The standard InChI is InChI=1S/C11H14N4O3/c1-18-10-3-2-7(4-14-10)15-11(17)8-5-13-9(16)6-12-8/h2-4,8,12H,5-6H2,1H3,(H,13,16)(H,15,17). The van der Waals surface area contributed by atoms with E-state index in [1.165, 1.54) is 13.3 Å². The quantitative estimate of drug-likeness (QED) is 0.647. The van der Waals surface area contributed by atoms with Crippen LogP contribution in [0.3, 0.4) is 0 Å². The molecule has 96 valence electrons. The van der Waals surface area contributed by atoms with E-state index in [0.717, 1.165) is 0 Å². The number of hydrogen-bond acceptors (Lipinski definition) is 5. The van der Waals surface area contributed by atoms with E-state index >= 15 is 0 Å². The number of rotatable bonds is 3. The number of carbonyl (C=O) groups excluding carboxylic acids is 2. The van der Waals surface area contributed by atoms with Crippen LogP contribution in [0.4, 0.5) is 5.69 Å². The monoisotopic (exact) mass is 250 g/mol. The summed E-state index contributed by atoms with van der Waals surface area (Å²) in [5, 5.41) is 8.17. The van der Waals surface area contributed by atoms with Crippen LogP contribution in [0, 0.1) is 0 Å². The van der Waals surface area contributed by atoms with Crippen molar-refractivity contribution >= 4 is 17.5 Å². The number of anilines is 1. The van der Waals surface area contributed by atoms with Gasteiger partial charge in [-0.25, -0.2) is 4.98 Å². The summed E-state index contributed by atoms with van der Waals surface area (Å²) in [5.41, 5.74) is 0.583. The molecule has 0 spiro atoms. The molecule has 0 bridgehead atoms. The van der Waals surface area contributed by atoms with Crippen molar-refractivity contribution in [2.75, 3.05) is 25.5 Å². The van der Waals surface area contributed by atoms with Crippen LogP contribution in [0.1, 0.15) is 0 Å². The summed E-state index contributed by atoms with van der Waals surface area (Å²) in [4.78, 5) is 26.8. The van der Waals surface area contributed by atoms with Crippen LogP contribution in [0.15, 0.2) is 18.3 Å². The van der Waals surface area contributed by atoms with Gasteiger partial charge in [0.15, 0.2) is 0 Å². The molecule has 2 heterocycles. The molecule has 7 heteroatoms. The first-order chi connectivity index (χ1) is 8.69. The predicted molar refractivity (Wildman–Crippen MR) is 64.2 cm³/mol. The van der Waals surface area contributed by atoms with Gasteiger partial charge in [-0.15, -0.1) is 0 Å². The van der Waals surface area contributed by atoms with Gasteiger partial charge in [0.1, 0.15) is 6.04 Å². The highest BCUT2D eigenvalue weighted by Gasteiger charge is 2.23. The van der Waals surface area contributed by atoms with E-state index < -0.39 is 6.04 Å². The lowest BCUT2D eigenvalue weighted by Crippen LogP contribution is -2.56. The van der Waals surface area contributed by atoms with Gasteiger partial charge in [-0.3, -0.25) is 14.9 Å². The van der Waals surface area contributed by atoms with E-state index in [1.54, 1.807) is 12.1 Å². The fourth-order valence-electron chi connectivity index (χ4n) is 1.56. The van der Waals surface area contributed by atoms with Crippen molar-refractivity contribution in [3.05, 3.63) is 18.3 Å². The fraction of sp³-hybridized carbons (Fsp3) is 0.364. The Morgan fingerprint density at radius 3 is 2.94 bits per heavy atom. The first kappa shape index (κ1) is 12.3. The van der Waals surface area contributed by atoms with Crippen LogP contribution >= 0.6 is 0 Å². The second-order valence-electron chi connectivity index (χ2n) is 3.82. The first-order valence-corrected chi connectivity index (χ1v) is 5.50. The Balaban J connectivity index is 1.92. The Kier molecular flexibility index (Phi) is 3.73. The lowest BCUT2D eigenvalue weighted by Gasteiger charge is -2.23. The molecule has 3 N–H and O–H groups in total. The number of amides is 2. The van der Waals surface area contributed by atoms with E-state index in [4.69, 9.17) is 4.74 Å². The minimum atomic E-state index is -0.426. The molecular formula is C11H14N4O3. The lowest BCUT2D eigenvalue weighted by atomic mass is 10.2. The summed E-state index contributed by atoms with van der Waals surface area (Å²) in [5.74, 6) is 0.170. The molecule has 1 aliphatic heterocycles. The zero-order valence-corrected chi connectivity index (χ0v) is 9.90. The van der Waals surface area contributed by atoms with Crippen molar-refractivity contribution in [1.82, 2.24) is 15.6 Å². The molecule has 1 unspecified atom stereocenters. The first-order valence-electron chi connectivity index (χ1n) is 5.50. The number of aromatic nitrogens is 1. The fourth-order valence-corrected chi connectivity index (χ4v) is 1.56. The van der Waals surface area contributed by atoms with E-state index in [0.29, 0.717) is 11.6 Å². The third-order valence-corrected chi connectivity index (χ3v) is 2.54. The van der Waals surface area contributed by atoms with Crippen LogP contribution in [0.2, 0.25) is 0 Å². The molecule has 0 saturated carbocycles. The average Bonchev–Trinajstić information content (AvgIpc) is 2.40. The van der Waals surface area contributed by atoms with Gasteiger partial charge in [0, 0.05) is 12.6 Å². The molecule has 1 fully saturated rings. The molecule has 7 nitrogen and oxygen atoms in total. The summed E-state index contributed by atoms with van der Waals surface area (Å²) in [6, 6.07) is 2.93. The number of methoxy groups -OCH3 is 1. The molecule has 0 aliphatic carbocycles. The van der Waals surface area contributed by atoms with Crippen molar-refractivity contribution in [2.24, 2.45) is 0 Å². The van der Waals surface area contributed by atoms with Crippen molar-refractivity contribution in [3.8, 4) is 5.88 Å². The van der Waals surface area contributed by atoms with Crippen LogP contribution < -0.4 is 20.7 Å². The molecule has 0 radical (unpaired) electrons. The number of carbonyl (C=O) groups is 2. The second kappa shape index (κ2) is 5.46. The number of ether oxygens (including phenoxy) is 1. The van der Waals surface area contributed by atoms with Gasteiger partial charge in [0.05, 0.1) is 25.5 Å². The third-order valence-electron chi connectivity index (χ3n) is 2.54. The van der Waals surface area contributed by atoms with Crippen LogP contribution in [-0.4, -0.2) is 43.0 Å². The van der Waals surface area contributed by atoms with Gasteiger partial charge in [-0.2, -0.15) is 0 Å². The Bertz CT molecular complexity index is 436. The Morgan fingerprint density at radius 2 is 2.39 bits per heavy atom. The zero-order valence-electron chi connectivity index (χ0n) is 9.90. The molecule has 1 aromatic heterocycles. The van der Waals surface area contributed by atoms with E-state index in [1.807, 2.05) is 0 Å². The molecule has 2 rings (SSSR count). The summed E-state index contributed by atoms with van der Waals surface area (Å²) < 4.78 is 4.92. The molecule has 1 atom stereocenters. The summed E-state index contributed by atoms with van der Waals surface area (Å²) >= 11 is 0. The topological polar surface area (TPSA) is 92.4 Å². The van der Waals surface area contributed by atoms with Crippen LogP contribution in [0.25, 0.3) is 0 Å². The van der Waals surface area contributed by atoms with Crippen molar-refractivity contribution in [3.63, 3.8) is 0 Å². The Morgan fingerprint density at radius 1 is 1.56 bits per heavy atom. The highest BCUT2D eigenvalue weighted by Crippen LogP contribution is 2.11. The maximum Gasteiger partial charge on any atom is 0.243 e. The number of nitrogens with zero attached hydrogens (tertiary/aromatic N) is 1. The highest BCUT2D eigenvalue weighted by molar-refractivity contribution is 5.96. The Labute approximate surface area is 104 Å². The van der Waals surface area contributed by atoms with Crippen molar-refractivity contribution in [1.29, 1.82) is 0 Å². The van der Waals surface area contributed by atoms with Gasteiger partial charge in [-0.1, -0.05) is 0 Å². The minimum absolute atomic E-state index is 0.106. The third kappa shape index (κ3) is 2.95. The summed E-state index contributed by atoms with van der Waals surface area (Å²) in [6.07, 6.45) is 1.51. The Hall–Kier alpha value is -2.15. The molecule has 18 heavy (non-hydrogen) atoms. The average molecular weight is 250 g/mol. The maximum absolute atomic E-state index is 11.8. The molecule has 0 aromatic carbocycles. The highest BCUT2D eigenvalue weighted by atomic mass is 16.5. The molecule has 1 aliphatic rings. The summed E-state index contributed by atoms with van der Waals surface area (Å²) in [7, 11) is 1.52. The van der Waals surface area contributed by atoms with Crippen LogP contribution in [0.5, 0.6) is 5.88 Å². The van der Waals surface area contributed by atoms with Crippen molar-refractivity contribution < 1.29 is 14.3 Å². The molecule has 1 aromatic rings. The lowest BCUT2D eigenvalue weighted by molar-refractivity contribution is -0.124. The van der Waals surface area contributed by atoms with Gasteiger partial charge in [-0.05, 0) is 6.07 Å². The minimum Gasteiger partial charge on any atom is -0.481 e. The van der Waals surface area contributed by atoms with E-state index in [-0.39, 0.29) is 24.9 Å². The van der Waals surface area contributed by atoms with Gasteiger partial charge >= 0.3 is 0 Å². The predicted octanol–water partition coefficient (Wildman–Crippen LogP) is -0.883. The molecule has 1 saturated heterocycles. The van der Waals surface area contributed by atoms with E-state index in [9.17, 15) is 9.59 Å².